The third-order valence-electron chi connectivity index (χ3n) is 4.99. The molecule has 2 heterocycles. The molecule has 1 N–H and O–H groups in total. The Morgan fingerprint density at radius 2 is 1.81 bits per heavy atom. The minimum absolute atomic E-state index is 0.0500. The maximum absolute atomic E-state index is 13.3. The van der Waals surface area contributed by atoms with Gasteiger partial charge in [-0.3, -0.25) is 9.59 Å². The Morgan fingerprint density at radius 3 is 2.52 bits per heavy atom. The lowest BCUT2D eigenvalue weighted by Gasteiger charge is -2.12. The summed E-state index contributed by atoms with van der Waals surface area (Å²) in [6.45, 7) is 4.06. The highest BCUT2D eigenvalue weighted by molar-refractivity contribution is 6.31. The second-order valence-corrected chi connectivity index (χ2v) is 7.93. The van der Waals surface area contributed by atoms with Crippen LogP contribution in [0.1, 0.15) is 31.0 Å². The van der Waals surface area contributed by atoms with Crippen LogP contribution < -0.4 is 10.9 Å². The molecule has 0 aliphatic heterocycles. The molecule has 2 aromatic heterocycles. The molecule has 0 saturated heterocycles. The van der Waals surface area contributed by atoms with Crippen LogP contribution in [0, 0.1) is 0 Å². The van der Waals surface area contributed by atoms with Crippen molar-refractivity contribution in [3.63, 3.8) is 0 Å². The van der Waals surface area contributed by atoms with Crippen LogP contribution in [0.4, 0.5) is 0 Å². The van der Waals surface area contributed by atoms with Gasteiger partial charge >= 0.3 is 0 Å². The molecule has 0 bridgehead atoms. The van der Waals surface area contributed by atoms with Crippen LogP contribution in [-0.2, 0) is 17.9 Å². The van der Waals surface area contributed by atoms with Crippen LogP contribution in [0.2, 0.25) is 5.02 Å². The number of aromatic nitrogens is 4. The summed E-state index contributed by atoms with van der Waals surface area (Å²) < 4.78 is 2.81. The third kappa shape index (κ3) is 4.22. The maximum Gasteiger partial charge on any atom is 0.293 e. The fourth-order valence-corrected chi connectivity index (χ4v) is 3.62. The molecule has 31 heavy (non-hydrogen) atoms. The van der Waals surface area contributed by atoms with Gasteiger partial charge in [0.25, 0.3) is 5.56 Å². The van der Waals surface area contributed by atoms with E-state index in [1.165, 1.54) is 4.68 Å². The Bertz CT molecular complexity index is 1290. The Kier molecular flexibility index (Phi) is 5.86. The Hall–Kier alpha value is -3.45. The van der Waals surface area contributed by atoms with Crippen molar-refractivity contribution in [2.24, 2.45) is 0 Å². The largest absolute Gasteiger partial charge is 0.350 e. The van der Waals surface area contributed by atoms with Crippen LogP contribution in [-0.4, -0.2) is 25.5 Å². The van der Waals surface area contributed by atoms with Gasteiger partial charge in [-0.05, 0) is 29.7 Å². The van der Waals surface area contributed by atoms with Crippen LogP contribution in [0.3, 0.4) is 0 Å². The molecule has 158 valence electrons. The van der Waals surface area contributed by atoms with Crippen LogP contribution in [0.15, 0.2) is 65.6 Å². The molecule has 4 rings (SSSR count). The lowest BCUT2D eigenvalue weighted by atomic mass is 10.1. The van der Waals surface area contributed by atoms with E-state index in [1.807, 2.05) is 62.4 Å². The summed E-state index contributed by atoms with van der Waals surface area (Å²) in [6.07, 6.45) is 1.66. The molecule has 7 nitrogen and oxygen atoms in total. The first-order valence-electron chi connectivity index (χ1n) is 10.00. The molecule has 0 aliphatic rings. The summed E-state index contributed by atoms with van der Waals surface area (Å²) in [5.41, 5.74) is 2.33. The zero-order chi connectivity index (χ0) is 22.0. The number of benzene rings is 2. The Labute approximate surface area is 184 Å². The topological polar surface area (TPSA) is 81.8 Å². The van der Waals surface area contributed by atoms with Gasteiger partial charge in [-0.1, -0.05) is 61.8 Å². The van der Waals surface area contributed by atoms with Crippen molar-refractivity contribution in [2.75, 3.05) is 0 Å². The minimum Gasteiger partial charge on any atom is -0.350 e. The molecule has 0 aliphatic carbocycles. The molecule has 4 aromatic rings. The second kappa shape index (κ2) is 8.73. The smallest absolute Gasteiger partial charge is 0.293 e. The average Bonchev–Trinajstić information content (AvgIpc) is 3.21. The Balaban J connectivity index is 1.69. The van der Waals surface area contributed by atoms with E-state index >= 15 is 0 Å². The molecular formula is C23H22ClN5O2. The van der Waals surface area contributed by atoms with Gasteiger partial charge in [-0.25, -0.2) is 9.36 Å². The fraction of sp³-hybridized carbons (Fsp3) is 0.217. The van der Waals surface area contributed by atoms with Crippen LogP contribution in [0.5, 0.6) is 0 Å². The van der Waals surface area contributed by atoms with E-state index in [-0.39, 0.29) is 30.5 Å². The summed E-state index contributed by atoms with van der Waals surface area (Å²) in [5, 5.41) is 13.0. The monoisotopic (exact) mass is 435 g/mol. The van der Waals surface area contributed by atoms with E-state index in [4.69, 9.17) is 11.6 Å². The first kappa shape index (κ1) is 20.8. The van der Waals surface area contributed by atoms with Crippen LogP contribution in [0.25, 0.3) is 16.6 Å². The number of carbonyl (C=O) groups is 1. The molecule has 0 spiro atoms. The molecule has 1 amide bonds. The lowest BCUT2D eigenvalue weighted by molar-refractivity contribution is -0.122. The van der Waals surface area contributed by atoms with Gasteiger partial charge in [0.15, 0.2) is 0 Å². The zero-order valence-electron chi connectivity index (χ0n) is 17.2. The summed E-state index contributed by atoms with van der Waals surface area (Å²) >= 11 is 6.15. The zero-order valence-corrected chi connectivity index (χ0v) is 18.0. The quantitative estimate of drug-likeness (QED) is 0.501. The normalized spacial score (nSPS) is 11.2. The van der Waals surface area contributed by atoms with Crippen molar-refractivity contribution < 1.29 is 4.79 Å². The van der Waals surface area contributed by atoms with E-state index in [0.29, 0.717) is 15.9 Å². The summed E-state index contributed by atoms with van der Waals surface area (Å²) in [5.74, 6) is -0.275. The molecule has 8 heteroatoms. The number of nitrogens with one attached hydrogen (secondary N) is 1. The highest BCUT2D eigenvalue weighted by atomic mass is 35.5. The number of para-hydroxylation sites is 1. The number of fused-ring (bicyclic) bond motifs is 1. The predicted molar refractivity (Wildman–Crippen MR) is 121 cm³/mol. The lowest BCUT2D eigenvalue weighted by Crippen LogP contribution is -2.34. The maximum atomic E-state index is 13.3. The molecule has 0 saturated carbocycles. The van der Waals surface area contributed by atoms with E-state index in [1.54, 1.807) is 16.9 Å². The van der Waals surface area contributed by atoms with Crippen molar-refractivity contribution in [3.8, 4) is 5.69 Å². The molecule has 2 aromatic carbocycles. The number of carbonyl (C=O) groups excluding carboxylic acids is 1. The van der Waals surface area contributed by atoms with Crippen LogP contribution >= 0.6 is 11.6 Å². The summed E-state index contributed by atoms with van der Waals surface area (Å²) in [6, 6.07) is 16.7. The highest BCUT2D eigenvalue weighted by Crippen LogP contribution is 2.22. The van der Waals surface area contributed by atoms with E-state index < -0.39 is 0 Å². The number of hydrogen-bond acceptors (Lipinski definition) is 4. The second-order valence-electron chi connectivity index (χ2n) is 7.53. The molecule has 0 fully saturated rings. The predicted octanol–water partition coefficient (Wildman–Crippen LogP) is 3.68. The SMILES string of the molecule is CC(C)c1nn(CC(=O)NCc2ccccc2Cl)c(=O)c2c1cnn2-c1ccccc1. The van der Waals surface area contributed by atoms with Crippen molar-refractivity contribution in [2.45, 2.75) is 32.9 Å². The first-order chi connectivity index (χ1) is 15.0. The highest BCUT2D eigenvalue weighted by Gasteiger charge is 2.19. The van der Waals surface area contributed by atoms with Gasteiger partial charge in [0.2, 0.25) is 5.91 Å². The van der Waals surface area contributed by atoms with Gasteiger partial charge in [-0.15, -0.1) is 0 Å². The average molecular weight is 436 g/mol. The fourth-order valence-electron chi connectivity index (χ4n) is 3.42. The standard InChI is InChI=1S/C23H22ClN5O2/c1-15(2)21-18-13-26-29(17-9-4-3-5-10-17)22(18)23(31)28(27-21)14-20(30)25-12-16-8-6-7-11-19(16)24/h3-11,13,15H,12,14H2,1-2H3,(H,25,30). The number of hydrogen-bond donors (Lipinski definition) is 1. The van der Waals surface area contributed by atoms with E-state index in [9.17, 15) is 9.59 Å². The van der Waals surface area contributed by atoms with Gasteiger partial charge in [0.05, 0.1) is 17.6 Å². The van der Waals surface area contributed by atoms with E-state index in [0.717, 1.165) is 16.9 Å². The van der Waals surface area contributed by atoms with Gasteiger partial charge in [-0.2, -0.15) is 10.2 Å². The van der Waals surface area contributed by atoms with Crippen molar-refractivity contribution in [1.29, 1.82) is 0 Å². The van der Waals surface area contributed by atoms with Gasteiger partial charge < -0.3 is 5.32 Å². The Morgan fingerprint density at radius 1 is 1.10 bits per heavy atom. The number of amides is 1. The summed E-state index contributed by atoms with van der Waals surface area (Å²) in [7, 11) is 0. The minimum atomic E-state index is -0.367. The van der Waals surface area contributed by atoms with Crippen molar-refractivity contribution in [3.05, 3.63) is 87.4 Å². The number of rotatable bonds is 6. The number of halogens is 1. The van der Waals surface area contributed by atoms with Gasteiger partial charge in [0.1, 0.15) is 12.1 Å². The molecule has 0 atom stereocenters. The number of nitrogens with zero attached hydrogens (tertiary/aromatic N) is 4. The van der Waals surface area contributed by atoms with Crippen molar-refractivity contribution in [1.82, 2.24) is 24.9 Å². The first-order valence-corrected chi connectivity index (χ1v) is 10.4. The third-order valence-corrected chi connectivity index (χ3v) is 5.35. The molecule has 0 radical (unpaired) electrons. The molecular weight excluding hydrogens is 414 g/mol. The summed E-state index contributed by atoms with van der Waals surface area (Å²) in [4.78, 5) is 25.8. The van der Waals surface area contributed by atoms with E-state index in [2.05, 4.69) is 15.5 Å². The van der Waals surface area contributed by atoms with Gasteiger partial charge in [0, 0.05) is 17.0 Å². The molecule has 0 unspecified atom stereocenters. The van der Waals surface area contributed by atoms with Crippen molar-refractivity contribution >= 4 is 28.4 Å².